The summed E-state index contributed by atoms with van der Waals surface area (Å²) >= 11 is 0. The van der Waals surface area contributed by atoms with E-state index in [4.69, 9.17) is 4.74 Å². The Labute approximate surface area is 104 Å². The lowest BCUT2D eigenvalue weighted by molar-refractivity contribution is 0.339. The molecule has 0 radical (unpaired) electrons. The summed E-state index contributed by atoms with van der Waals surface area (Å²) in [5.74, 6) is 0.955. The lowest BCUT2D eigenvalue weighted by atomic mass is 10.3. The third-order valence-corrected chi connectivity index (χ3v) is 3.13. The zero-order chi connectivity index (χ0) is 11.9. The summed E-state index contributed by atoms with van der Waals surface area (Å²) in [5.41, 5.74) is 1.11. The topological polar surface area (TPSA) is 24.5 Å². The van der Waals surface area contributed by atoms with E-state index in [1.807, 2.05) is 25.1 Å². The van der Waals surface area contributed by atoms with Crippen LogP contribution in [0.2, 0.25) is 0 Å². The lowest BCUT2D eigenvalue weighted by Crippen LogP contribution is -2.26. The molecule has 0 aliphatic carbocycles. The Morgan fingerprint density at radius 3 is 2.76 bits per heavy atom. The molecule has 0 unspecified atom stereocenters. The summed E-state index contributed by atoms with van der Waals surface area (Å²) in [6.07, 6.45) is 2.71. The van der Waals surface area contributed by atoms with E-state index in [0.717, 1.165) is 24.5 Å². The van der Waals surface area contributed by atoms with Crippen LogP contribution in [0.5, 0.6) is 5.75 Å². The molecule has 0 aromatic heterocycles. The van der Waals surface area contributed by atoms with Gasteiger partial charge in [-0.3, -0.25) is 0 Å². The molecule has 1 aliphatic rings. The average molecular weight is 234 g/mol. The van der Waals surface area contributed by atoms with Gasteiger partial charge in [0.15, 0.2) is 0 Å². The molecule has 2 rings (SSSR count). The first-order valence-corrected chi connectivity index (χ1v) is 6.58. The van der Waals surface area contributed by atoms with E-state index in [2.05, 4.69) is 16.3 Å². The maximum absolute atomic E-state index is 5.58. The molecule has 1 aromatic carbocycles. The average Bonchev–Trinajstić information content (AvgIpc) is 2.85. The second-order valence-corrected chi connectivity index (χ2v) is 4.40. The monoisotopic (exact) mass is 234 g/mol. The van der Waals surface area contributed by atoms with Crippen LogP contribution in [0.3, 0.4) is 0 Å². The van der Waals surface area contributed by atoms with Crippen molar-refractivity contribution in [2.45, 2.75) is 19.8 Å². The molecule has 1 fully saturated rings. The minimum Gasteiger partial charge on any atom is -0.492 e. The van der Waals surface area contributed by atoms with Crippen molar-refractivity contribution in [3.05, 3.63) is 24.3 Å². The molecule has 17 heavy (non-hydrogen) atoms. The van der Waals surface area contributed by atoms with Gasteiger partial charge in [-0.15, -0.1) is 0 Å². The first-order valence-electron chi connectivity index (χ1n) is 6.58. The van der Waals surface area contributed by atoms with Crippen molar-refractivity contribution in [3.8, 4) is 5.75 Å². The van der Waals surface area contributed by atoms with E-state index >= 15 is 0 Å². The predicted molar refractivity (Wildman–Crippen MR) is 71.8 cm³/mol. The highest BCUT2D eigenvalue weighted by Gasteiger charge is 2.10. The van der Waals surface area contributed by atoms with Crippen LogP contribution in [-0.4, -0.2) is 37.7 Å². The normalized spacial score (nSPS) is 16.1. The fourth-order valence-electron chi connectivity index (χ4n) is 2.25. The van der Waals surface area contributed by atoms with Crippen LogP contribution in [0.1, 0.15) is 19.8 Å². The van der Waals surface area contributed by atoms with E-state index in [1.165, 1.54) is 25.9 Å². The number of anilines is 1. The Kier molecular flexibility index (Phi) is 4.68. The molecule has 1 heterocycles. The van der Waals surface area contributed by atoms with Crippen LogP contribution in [0.4, 0.5) is 5.69 Å². The summed E-state index contributed by atoms with van der Waals surface area (Å²) in [4.78, 5) is 2.51. The minimum atomic E-state index is 0.713. The third kappa shape index (κ3) is 3.63. The first kappa shape index (κ1) is 12.2. The largest absolute Gasteiger partial charge is 0.492 e. The van der Waals surface area contributed by atoms with Crippen molar-refractivity contribution >= 4 is 5.69 Å². The maximum Gasteiger partial charge on any atom is 0.142 e. The second kappa shape index (κ2) is 6.50. The Morgan fingerprint density at radius 1 is 1.24 bits per heavy atom. The third-order valence-electron chi connectivity index (χ3n) is 3.13. The van der Waals surface area contributed by atoms with Gasteiger partial charge in [-0.05, 0) is 45.0 Å². The number of benzene rings is 1. The van der Waals surface area contributed by atoms with Crippen LogP contribution >= 0.6 is 0 Å². The van der Waals surface area contributed by atoms with E-state index in [1.54, 1.807) is 0 Å². The molecular weight excluding hydrogens is 212 g/mol. The fourth-order valence-corrected chi connectivity index (χ4v) is 2.25. The molecule has 1 saturated heterocycles. The summed E-state index contributed by atoms with van der Waals surface area (Å²) in [5, 5.41) is 3.46. The number of rotatable bonds is 6. The van der Waals surface area contributed by atoms with Crippen molar-refractivity contribution in [3.63, 3.8) is 0 Å². The molecule has 0 spiro atoms. The van der Waals surface area contributed by atoms with E-state index in [0.29, 0.717) is 6.61 Å². The summed E-state index contributed by atoms with van der Waals surface area (Å²) in [6.45, 7) is 7.36. The predicted octanol–water partition coefficient (Wildman–Crippen LogP) is 2.59. The molecule has 0 amide bonds. The maximum atomic E-state index is 5.58. The van der Waals surface area contributed by atoms with Crippen molar-refractivity contribution in [1.82, 2.24) is 4.90 Å². The smallest absolute Gasteiger partial charge is 0.142 e. The van der Waals surface area contributed by atoms with E-state index in [-0.39, 0.29) is 0 Å². The van der Waals surface area contributed by atoms with Crippen molar-refractivity contribution in [2.75, 3.05) is 38.1 Å². The number of para-hydroxylation sites is 2. The standard InChI is InChI=1S/C14H22N2O/c1-2-17-14-8-4-3-7-13(14)15-9-12-16-10-5-6-11-16/h3-4,7-8,15H,2,5-6,9-12H2,1H3. The highest BCUT2D eigenvalue weighted by Crippen LogP contribution is 2.23. The molecular formula is C14H22N2O. The SMILES string of the molecule is CCOc1ccccc1NCCN1CCCC1. The van der Waals surface area contributed by atoms with Gasteiger partial charge >= 0.3 is 0 Å². The Balaban J connectivity index is 1.80. The van der Waals surface area contributed by atoms with Gasteiger partial charge < -0.3 is 15.0 Å². The van der Waals surface area contributed by atoms with Crippen LogP contribution in [0.15, 0.2) is 24.3 Å². The number of nitrogens with one attached hydrogen (secondary N) is 1. The minimum absolute atomic E-state index is 0.713. The van der Waals surface area contributed by atoms with Gasteiger partial charge in [-0.1, -0.05) is 12.1 Å². The molecule has 1 aliphatic heterocycles. The van der Waals surface area contributed by atoms with Crippen LogP contribution in [-0.2, 0) is 0 Å². The second-order valence-electron chi connectivity index (χ2n) is 4.40. The van der Waals surface area contributed by atoms with Gasteiger partial charge in [0.2, 0.25) is 0 Å². The summed E-state index contributed by atoms with van der Waals surface area (Å²) in [7, 11) is 0. The molecule has 3 nitrogen and oxygen atoms in total. The van der Waals surface area contributed by atoms with Crippen LogP contribution < -0.4 is 10.1 Å². The Hall–Kier alpha value is -1.22. The highest BCUT2D eigenvalue weighted by atomic mass is 16.5. The number of hydrogen-bond donors (Lipinski definition) is 1. The van der Waals surface area contributed by atoms with Gasteiger partial charge in [0.05, 0.1) is 12.3 Å². The van der Waals surface area contributed by atoms with Gasteiger partial charge in [0, 0.05) is 13.1 Å². The quantitative estimate of drug-likeness (QED) is 0.819. The van der Waals surface area contributed by atoms with Crippen molar-refractivity contribution in [1.29, 1.82) is 0 Å². The molecule has 94 valence electrons. The van der Waals surface area contributed by atoms with Crippen LogP contribution in [0.25, 0.3) is 0 Å². The molecule has 1 N–H and O–H groups in total. The van der Waals surface area contributed by atoms with Gasteiger partial charge in [-0.2, -0.15) is 0 Å². The molecule has 0 bridgehead atoms. The lowest BCUT2D eigenvalue weighted by Gasteiger charge is -2.16. The van der Waals surface area contributed by atoms with Gasteiger partial charge in [0.25, 0.3) is 0 Å². The Morgan fingerprint density at radius 2 is 2.00 bits per heavy atom. The van der Waals surface area contributed by atoms with Gasteiger partial charge in [-0.25, -0.2) is 0 Å². The fraction of sp³-hybridized carbons (Fsp3) is 0.571. The van der Waals surface area contributed by atoms with Gasteiger partial charge in [0.1, 0.15) is 5.75 Å². The molecule has 0 atom stereocenters. The molecule has 1 aromatic rings. The molecule has 0 saturated carbocycles. The number of hydrogen-bond acceptors (Lipinski definition) is 3. The zero-order valence-corrected chi connectivity index (χ0v) is 10.6. The number of ether oxygens (including phenoxy) is 1. The van der Waals surface area contributed by atoms with Crippen LogP contribution in [0, 0.1) is 0 Å². The number of nitrogens with zero attached hydrogens (tertiary/aromatic N) is 1. The summed E-state index contributed by atoms with van der Waals surface area (Å²) in [6, 6.07) is 8.15. The Bertz CT molecular complexity index is 335. The van der Waals surface area contributed by atoms with E-state index in [9.17, 15) is 0 Å². The molecule has 3 heteroatoms. The summed E-state index contributed by atoms with van der Waals surface area (Å²) < 4.78 is 5.58. The van der Waals surface area contributed by atoms with Crippen molar-refractivity contribution in [2.24, 2.45) is 0 Å². The zero-order valence-electron chi connectivity index (χ0n) is 10.6. The highest BCUT2D eigenvalue weighted by molar-refractivity contribution is 5.56. The van der Waals surface area contributed by atoms with E-state index < -0.39 is 0 Å². The number of likely N-dealkylation sites (tertiary alicyclic amines) is 1. The first-order chi connectivity index (χ1) is 8.40. The van der Waals surface area contributed by atoms with Crippen molar-refractivity contribution < 1.29 is 4.74 Å².